The van der Waals surface area contributed by atoms with E-state index in [9.17, 15) is 31.1 Å². The lowest BCUT2D eigenvalue weighted by atomic mass is 10.0. The number of hydrogen-bond acceptors (Lipinski definition) is 3. The number of benzene rings is 1. The number of nitrogens with one attached hydrogen (secondary N) is 2. The minimum atomic E-state index is -4.91. The monoisotopic (exact) mass is 436 g/mol. The molecule has 2 N–H and O–H groups in total. The van der Waals surface area contributed by atoms with E-state index in [2.05, 4.69) is 10.6 Å². The SMILES string of the molecule is O=C(NCc1cc(C(F)(F)F)cc(C(F)(F)F)c1)[C@H]1CCC(NC2C3COCC32)C1. The highest BCUT2D eigenvalue weighted by atomic mass is 19.4. The van der Waals surface area contributed by atoms with Crippen LogP contribution < -0.4 is 10.6 Å². The van der Waals surface area contributed by atoms with Crippen molar-refractivity contribution >= 4 is 5.91 Å². The van der Waals surface area contributed by atoms with Gasteiger partial charge in [0.2, 0.25) is 5.91 Å². The molecular weight excluding hydrogens is 414 g/mol. The summed E-state index contributed by atoms with van der Waals surface area (Å²) in [5.74, 6) is 0.443. The first kappa shape index (κ1) is 21.4. The van der Waals surface area contributed by atoms with E-state index in [0.29, 0.717) is 42.9 Å². The first-order valence-corrected chi connectivity index (χ1v) is 9.92. The van der Waals surface area contributed by atoms with Crippen LogP contribution in [0.2, 0.25) is 0 Å². The maximum absolute atomic E-state index is 12.9. The molecule has 0 bridgehead atoms. The Morgan fingerprint density at radius 1 is 0.967 bits per heavy atom. The lowest BCUT2D eigenvalue weighted by Gasteiger charge is -2.16. The smallest absolute Gasteiger partial charge is 0.381 e. The summed E-state index contributed by atoms with van der Waals surface area (Å²) in [5, 5.41) is 6.06. The normalized spacial score (nSPS) is 30.9. The van der Waals surface area contributed by atoms with Gasteiger partial charge >= 0.3 is 12.4 Å². The van der Waals surface area contributed by atoms with Gasteiger partial charge in [-0.15, -0.1) is 0 Å². The van der Waals surface area contributed by atoms with Gasteiger partial charge in [-0.3, -0.25) is 4.79 Å². The molecule has 1 heterocycles. The molecule has 2 saturated carbocycles. The van der Waals surface area contributed by atoms with Crippen LogP contribution in [0.25, 0.3) is 0 Å². The molecule has 1 amide bonds. The van der Waals surface area contributed by atoms with Gasteiger partial charge in [-0.1, -0.05) is 0 Å². The van der Waals surface area contributed by atoms with Gasteiger partial charge < -0.3 is 15.4 Å². The Kier molecular flexibility index (Phi) is 5.50. The second kappa shape index (κ2) is 7.71. The van der Waals surface area contributed by atoms with E-state index in [4.69, 9.17) is 4.74 Å². The Morgan fingerprint density at radius 2 is 1.57 bits per heavy atom. The Balaban J connectivity index is 1.33. The Morgan fingerprint density at radius 3 is 2.13 bits per heavy atom. The van der Waals surface area contributed by atoms with Crippen molar-refractivity contribution < 1.29 is 35.9 Å². The molecule has 0 radical (unpaired) electrons. The van der Waals surface area contributed by atoms with Crippen molar-refractivity contribution in [3.05, 3.63) is 34.9 Å². The number of carbonyl (C=O) groups is 1. The molecule has 1 aromatic carbocycles. The van der Waals surface area contributed by atoms with E-state index in [-0.39, 0.29) is 36.0 Å². The zero-order valence-corrected chi connectivity index (χ0v) is 15.9. The molecule has 3 fully saturated rings. The molecule has 3 aliphatic rings. The van der Waals surface area contributed by atoms with E-state index < -0.39 is 23.5 Å². The fraction of sp³-hybridized carbons (Fsp3) is 0.650. The highest BCUT2D eigenvalue weighted by molar-refractivity contribution is 5.79. The quantitative estimate of drug-likeness (QED) is 0.692. The van der Waals surface area contributed by atoms with Crippen molar-refractivity contribution in [1.82, 2.24) is 10.6 Å². The number of ether oxygens (including phenoxy) is 1. The summed E-state index contributed by atoms with van der Waals surface area (Å²) in [6.07, 6.45) is -7.75. The number of carbonyl (C=O) groups excluding carboxylic acids is 1. The van der Waals surface area contributed by atoms with E-state index in [1.807, 2.05) is 0 Å². The lowest BCUT2D eigenvalue weighted by molar-refractivity contribution is -0.143. The van der Waals surface area contributed by atoms with Crippen LogP contribution in [0.15, 0.2) is 18.2 Å². The summed E-state index contributed by atoms with van der Waals surface area (Å²) in [4.78, 5) is 12.4. The van der Waals surface area contributed by atoms with Crippen LogP contribution in [-0.2, 0) is 28.4 Å². The summed E-state index contributed by atoms with van der Waals surface area (Å²) >= 11 is 0. The van der Waals surface area contributed by atoms with Gasteiger partial charge in [-0.05, 0) is 43.0 Å². The predicted octanol–water partition coefficient (Wildman–Crippen LogP) is 3.74. The fourth-order valence-electron chi connectivity index (χ4n) is 4.59. The summed E-state index contributed by atoms with van der Waals surface area (Å²) in [7, 11) is 0. The summed E-state index contributed by atoms with van der Waals surface area (Å²) in [6.45, 7) is 1.14. The van der Waals surface area contributed by atoms with Crippen molar-refractivity contribution in [1.29, 1.82) is 0 Å². The third-order valence-electron chi connectivity index (χ3n) is 6.30. The molecule has 0 spiro atoms. The molecule has 4 atom stereocenters. The highest BCUT2D eigenvalue weighted by Crippen LogP contribution is 2.45. The first-order valence-electron chi connectivity index (χ1n) is 9.92. The average Bonchev–Trinajstić information content (AvgIpc) is 3.06. The van der Waals surface area contributed by atoms with E-state index in [0.717, 1.165) is 19.6 Å². The summed E-state index contributed by atoms with van der Waals surface area (Å²) in [6, 6.07) is 1.99. The molecule has 4 rings (SSSR count). The standard InChI is InChI=1S/C20H22F6N2O2/c21-19(22,23)12-3-10(4-13(6-12)20(24,25)26)7-27-18(29)11-1-2-14(5-11)28-17-15-8-30-9-16(15)17/h3-4,6,11,14-17,28H,1-2,5,7-9H2,(H,27,29)/t11-,14?,15?,16?,17?/m0/s1. The Labute approximate surface area is 169 Å². The van der Waals surface area contributed by atoms with Gasteiger partial charge in [-0.25, -0.2) is 0 Å². The Hall–Kier alpha value is -1.81. The van der Waals surface area contributed by atoms with E-state index in [1.165, 1.54) is 0 Å². The largest absolute Gasteiger partial charge is 0.416 e. The number of hydrogen-bond donors (Lipinski definition) is 2. The van der Waals surface area contributed by atoms with Crippen LogP contribution in [0.3, 0.4) is 0 Å². The maximum Gasteiger partial charge on any atom is 0.416 e. The number of fused-ring (bicyclic) bond motifs is 1. The van der Waals surface area contributed by atoms with Crippen LogP contribution in [0, 0.1) is 17.8 Å². The van der Waals surface area contributed by atoms with Crippen molar-refractivity contribution in [2.75, 3.05) is 13.2 Å². The van der Waals surface area contributed by atoms with Gasteiger partial charge in [0.25, 0.3) is 0 Å². The molecule has 0 aromatic heterocycles. The van der Waals surface area contributed by atoms with Crippen molar-refractivity contribution in [3.8, 4) is 0 Å². The lowest BCUT2D eigenvalue weighted by Crippen LogP contribution is -2.34. The predicted molar refractivity (Wildman–Crippen MR) is 94.1 cm³/mol. The summed E-state index contributed by atoms with van der Waals surface area (Å²) < 4.78 is 83.0. The van der Waals surface area contributed by atoms with Gasteiger partial charge in [0.15, 0.2) is 0 Å². The minimum Gasteiger partial charge on any atom is -0.381 e. The molecule has 30 heavy (non-hydrogen) atoms. The average molecular weight is 436 g/mol. The molecule has 10 heteroatoms. The topological polar surface area (TPSA) is 50.4 Å². The van der Waals surface area contributed by atoms with Gasteiger partial charge in [0.1, 0.15) is 0 Å². The minimum absolute atomic E-state index is 0.0802. The van der Waals surface area contributed by atoms with Crippen LogP contribution in [-0.4, -0.2) is 31.2 Å². The maximum atomic E-state index is 12.9. The summed E-state index contributed by atoms with van der Waals surface area (Å²) in [5.41, 5.74) is -3.00. The van der Waals surface area contributed by atoms with Gasteiger partial charge in [0, 0.05) is 36.4 Å². The second-order valence-electron chi connectivity index (χ2n) is 8.40. The molecule has 3 unspecified atom stereocenters. The molecule has 1 aliphatic heterocycles. The fourth-order valence-corrected chi connectivity index (χ4v) is 4.59. The number of alkyl halides is 6. The van der Waals surface area contributed by atoms with E-state index in [1.54, 1.807) is 0 Å². The molecular formula is C20H22F6N2O2. The number of halogens is 6. The van der Waals surface area contributed by atoms with Crippen LogP contribution in [0.5, 0.6) is 0 Å². The number of rotatable bonds is 5. The van der Waals surface area contributed by atoms with Crippen LogP contribution in [0.1, 0.15) is 36.0 Å². The second-order valence-corrected chi connectivity index (χ2v) is 8.40. The molecule has 2 aliphatic carbocycles. The third-order valence-corrected chi connectivity index (χ3v) is 6.30. The van der Waals surface area contributed by atoms with Crippen LogP contribution in [0.4, 0.5) is 26.3 Å². The Bertz CT molecular complexity index is 767. The highest BCUT2D eigenvalue weighted by Gasteiger charge is 2.54. The third kappa shape index (κ3) is 4.59. The molecule has 1 aromatic rings. The zero-order chi connectivity index (χ0) is 21.7. The molecule has 166 valence electrons. The van der Waals surface area contributed by atoms with Crippen molar-refractivity contribution in [3.63, 3.8) is 0 Å². The van der Waals surface area contributed by atoms with Crippen molar-refractivity contribution in [2.24, 2.45) is 17.8 Å². The van der Waals surface area contributed by atoms with Crippen molar-refractivity contribution in [2.45, 2.75) is 50.2 Å². The van der Waals surface area contributed by atoms with E-state index >= 15 is 0 Å². The first-order chi connectivity index (χ1) is 14.0. The molecule has 4 nitrogen and oxygen atoms in total. The molecule has 1 saturated heterocycles. The number of amides is 1. The van der Waals surface area contributed by atoms with Gasteiger partial charge in [0.05, 0.1) is 24.3 Å². The zero-order valence-electron chi connectivity index (χ0n) is 15.9. The van der Waals surface area contributed by atoms with Crippen LogP contribution >= 0.6 is 0 Å². The van der Waals surface area contributed by atoms with Gasteiger partial charge in [-0.2, -0.15) is 26.3 Å².